The quantitative estimate of drug-likeness (QED) is 0.525. The first kappa shape index (κ1) is 27.3. The van der Waals surface area contributed by atoms with Crippen LogP contribution in [0.2, 0.25) is 0 Å². The van der Waals surface area contributed by atoms with Gasteiger partial charge in [-0.1, -0.05) is 30.3 Å². The number of pyridine rings is 1. The van der Waals surface area contributed by atoms with E-state index >= 15 is 0 Å². The minimum atomic E-state index is -0.326. The molecule has 38 heavy (non-hydrogen) atoms. The Labute approximate surface area is 223 Å². The smallest absolute Gasteiger partial charge is 0.263 e. The average Bonchev–Trinajstić information content (AvgIpc) is 2.91. The predicted molar refractivity (Wildman–Crippen MR) is 147 cm³/mol. The minimum Gasteiger partial charge on any atom is -0.333 e. The molecule has 0 N–H and O–H groups in total. The summed E-state index contributed by atoms with van der Waals surface area (Å²) in [5.41, 5.74) is 3.88. The molecule has 0 radical (unpaired) electrons. The molecule has 1 aliphatic rings. The van der Waals surface area contributed by atoms with E-state index in [1.54, 1.807) is 42.8 Å². The van der Waals surface area contributed by atoms with Crippen molar-refractivity contribution in [2.24, 2.45) is 7.05 Å². The van der Waals surface area contributed by atoms with Gasteiger partial charge in [0.2, 0.25) is 5.91 Å². The topological polar surface area (TPSA) is 65.9 Å². The van der Waals surface area contributed by atoms with Gasteiger partial charge in [0.05, 0.1) is 0 Å². The highest BCUT2D eigenvalue weighted by Gasteiger charge is 2.26. The van der Waals surface area contributed by atoms with Gasteiger partial charge in [0, 0.05) is 64.6 Å². The SMILES string of the molecule is CC(=O)N1CCCN(Cc2ccc(F)cc2)CCN(C(=O)c2c(C)cc(C)n(C)c2=O)Cc2ccccc21. The van der Waals surface area contributed by atoms with Crippen molar-refractivity contribution in [1.82, 2.24) is 14.4 Å². The second-order valence-electron chi connectivity index (χ2n) is 9.99. The van der Waals surface area contributed by atoms with E-state index in [0.29, 0.717) is 38.3 Å². The molecule has 0 saturated carbocycles. The summed E-state index contributed by atoms with van der Waals surface area (Å²) >= 11 is 0. The molecule has 7 nitrogen and oxygen atoms in total. The molecular weight excluding hydrogens is 483 g/mol. The molecule has 4 rings (SSSR count). The lowest BCUT2D eigenvalue weighted by Crippen LogP contribution is -2.41. The number of rotatable bonds is 3. The zero-order valence-electron chi connectivity index (χ0n) is 22.5. The lowest BCUT2D eigenvalue weighted by Gasteiger charge is -2.28. The maximum atomic E-state index is 14.0. The number of nitrogens with zero attached hydrogens (tertiary/aromatic N) is 4. The number of carbonyl (C=O) groups excluding carboxylic acids is 2. The van der Waals surface area contributed by atoms with E-state index in [0.717, 1.165) is 28.9 Å². The first-order chi connectivity index (χ1) is 18.2. The van der Waals surface area contributed by atoms with Crippen LogP contribution < -0.4 is 10.5 Å². The molecule has 0 saturated heterocycles. The number of anilines is 1. The molecule has 0 aliphatic carbocycles. The molecule has 2 heterocycles. The van der Waals surface area contributed by atoms with Gasteiger partial charge in [-0.05, 0) is 61.2 Å². The molecule has 3 aromatic rings. The number of aryl methyl sites for hydroxylation is 2. The summed E-state index contributed by atoms with van der Waals surface area (Å²) in [7, 11) is 1.67. The van der Waals surface area contributed by atoms with Crippen molar-refractivity contribution in [3.8, 4) is 0 Å². The first-order valence-electron chi connectivity index (χ1n) is 12.9. The molecule has 0 atom stereocenters. The Morgan fingerprint density at radius 2 is 1.66 bits per heavy atom. The molecule has 200 valence electrons. The summed E-state index contributed by atoms with van der Waals surface area (Å²) < 4.78 is 15.0. The number of halogens is 1. The van der Waals surface area contributed by atoms with Crippen LogP contribution in [0.15, 0.2) is 59.4 Å². The minimum absolute atomic E-state index is 0.0668. The third kappa shape index (κ3) is 6.02. The molecule has 0 unspecified atom stereocenters. The van der Waals surface area contributed by atoms with Crippen LogP contribution in [0.1, 0.15) is 46.1 Å². The summed E-state index contributed by atoms with van der Waals surface area (Å²) in [5.74, 6) is -0.677. The Bertz CT molecular complexity index is 1380. The largest absolute Gasteiger partial charge is 0.333 e. The molecule has 1 aliphatic heterocycles. The molecule has 2 aromatic carbocycles. The van der Waals surface area contributed by atoms with Gasteiger partial charge in [-0.2, -0.15) is 0 Å². The molecule has 1 aromatic heterocycles. The molecule has 8 heteroatoms. The van der Waals surface area contributed by atoms with E-state index in [2.05, 4.69) is 4.90 Å². The van der Waals surface area contributed by atoms with Crippen LogP contribution in [0.5, 0.6) is 0 Å². The van der Waals surface area contributed by atoms with E-state index < -0.39 is 0 Å². The van der Waals surface area contributed by atoms with Crippen LogP contribution in [-0.2, 0) is 24.9 Å². The fourth-order valence-corrected chi connectivity index (χ4v) is 5.04. The molecule has 2 amide bonds. The van der Waals surface area contributed by atoms with Gasteiger partial charge in [-0.3, -0.25) is 19.3 Å². The fourth-order valence-electron chi connectivity index (χ4n) is 5.04. The Morgan fingerprint density at radius 3 is 2.37 bits per heavy atom. The summed E-state index contributed by atoms with van der Waals surface area (Å²) in [4.78, 5) is 45.5. The van der Waals surface area contributed by atoms with Crippen LogP contribution in [0.3, 0.4) is 0 Å². The third-order valence-corrected chi connectivity index (χ3v) is 7.25. The van der Waals surface area contributed by atoms with Gasteiger partial charge in [-0.15, -0.1) is 0 Å². The second kappa shape index (κ2) is 11.7. The Hall–Kier alpha value is -3.78. The van der Waals surface area contributed by atoms with Gasteiger partial charge < -0.3 is 14.4 Å². The first-order valence-corrected chi connectivity index (χ1v) is 12.9. The van der Waals surface area contributed by atoms with Gasteiger partial charge in [0.15, 0.2) is 0 Å². The molecule has 0 spiro atoms. The van der Waals surface area contributed by atoms with Gasteiger partial charge in [-0.25, -0.2) is 4.39 Å². The van der Waals surface area contributed by atoms with Crippen molar-refractivity contribution >= 4 is 17.5 Å². The van der Waals surface area contributed by atoms with Crippen molar-refractivity contribution in [3.63, 3.8) is 0 Å². The standard InChI is InChI=1S/C30H35FN4O3/c1-21-18-22(2)32(4)29(37)28(21)30(38)34-17-16-33(19-24-10-12-26(31)13-11-24)14-7-15-35(23(3)36)27-9-6-5-8-25(27)20-34/h5-6,8-13,18H,7,14-17,19-20H2,1-4H3. The van der Waals surface area contributed by atoms with Crippen LogP contribution >= 0.6 is 0 Å². The summed E-state index contributed by atoms with van der Waals surface area (Å²) in [5, 5.41) is 0. The predicted octanol–water partition coefficient (Wildman–Crippen LogP) is 4.04. The van der Waals surface area contributed by atoms with Crippen molar-refractivity contribution in [3.05, 3.63) is 98.7 Å². The highest BCUT2D eigenvalue weighted by Crippen LogP contribution is 2.25. The highest BCUT2D eigenvalue weighted by atomic mass is 19.1. The van der Waals surface area contributed by atoms with Crippen LogP contribution in [0.4, 0.5) is 10.1 Å². The average molecular weight is 519 g/mol. The van der Waals surface area contributed by atoms with E-state index in [4.69, 9.17) is 0 Å². The highest BCUT2D eigenvalue weighted by molar-refractivity contribution is 5.96. The number of benzene rings is 2. The Morgan fingerprint density at radius 1 is 0.947 bits per heavy atom. The second-order valence-corrected chi connectivity index (χ2v) is 9.99. The van der Waals surface area contributed by atoms with E-state index in [1.807, 2.05) is 37.3 Å². The number of aromatic nitrogens is 1. The fraction of sp³-hybridized carbons (Fsp3) is 0.367. The Kier molecular flexibility index (Phi) is 8.42. The van der Waals surface area contributed by atoms with Crippen LogP contribution in [0.25, 0.3) is 0 Å². The van der Waals surface area contributed by atoms with Gasteiger partial charge in [0.1, 0.15) is 11.4 Å². The van der Waals surface area contributed by atoms with Crippen molar-refractivity contribution in [1.29, 1.82) is 0 Å². The normalized spacial score (nSPS) is 15.1. The maximum Gasteiger partial charge on any atom is 0.263 e. The molecular formula is C30H35FN4O3. The summed E-state index contributed by atoms with van der Waals surface area (Å²) in [6.45, 7) is 8.22. The lowest BCUT2D eigenvalue weighted by molar-refractivity contribution is -0.116. The van der Waals surface area contributed by atoms with Gasteiger partial charge in [0.25, 0.3) is 11.5 Å². The van der Waals surface area contributed by atoms with E-state index in [1.165, 1.54) is 16.7 Å². The van der Waals surface area contributed by atoms with E-state index in [9.17, 15) is 18.8 Å². The summed E-state index contributed by atoms with van der Waals surface area (Å²) in [6.07, 6.45) is 0.737. The van der Waals surface area contributed by atoms with Crippen molar-refractivity contribution in [2.75, 3.05) is 31.1 Å². The number of hydrogen-bond donors (Lipinski definition) is 0. The van der Waals surface area contributed by atoms with Crippen molar-refractivity contribution in [2.45, 2.75) is 40.3 Å². The maximum absolute atomic E-state index is 14.0. The summed E-state index contributed by atoms with van der Waals surface area (Å²) in [6, 6.07) is 15.9. The van der Waals surface area contributed by atoms with Crippen LogP contribution in [-0.4, -0.2) is 52.4 Å². The number of para-hydroxylation sites is 1. The van der Waals surface area contributed by atoms with Crippen molar-refractivity contribution < 1.29 is 14.0 Å². The number of amides is 2. The number of fused-ring (bicyclic) bond motifs is 1. The lowest BCUT2D eigenvalue weighted by atomic mass is 10.1. The Balaban J connectivity index is 1.73. The molecule has 0 bridgehead atoms. The number of hydrogen-bond acceptors (Lipinski definition) is 4. The monoisotopic (exact) mass is 518 g/mol. The van der Waals surface area contributed by atoms with Gasteiger partial charge >= 0.3 is 0 Å². The third-order valence-electron chi connectivity index (χ3n) is 7.25. The molecule has 0 fully saturated rings. The number of carbonyl (C=O) groups is 2. The van der Waals surface area contributed by atoms with E-state index in [-0.39, 0.29) is 35.3 Å². The zero-order chi connectivity index (χ0) is 27.4. The zero-order valence-corrected chi connectivity index (χ0v) is 22.5. The van der Waals surface area contributed by atoms with Crippen LogP contribution in [0, 0.1) is 19.7 Å².